The van der Waals surface area contributed by atoms with Gasteiger partial charge in [-0.3, -0.25) is 0 Å². The lowest BCUT2D eigenvalue weighted by atomic mass is 9.95. The Kier molecular flexibility index (Phi) is 7.04. The number of rotatable bonds is 7. The number of piperidine rings is 1. The fraction of sp³-hybridized carbons (Fsp3) is 0.467. The molecule has 2 bridgehead atoms. The third-order valence-electron chi connectivity index (χ3n) is 8.50. The molecule has 3 fully saturated rings. The number of carbonyl (C=O) groups is 1. The molecule has 11 heteroatoms. The summed E-state index contributed by atoms with van der Waals surface area (Å²) >= 11 is 0. The van der Waals surface area contributed by atoms with E-state index >= 15 is 8.78 Å². The van der Waals surface area contributed by atoms with Crippen LogP contribution >= 0.6 is 0 Å². The summed E-state index contributed by atoms with van der Waals surface area (Å²) in [7, 11) is 1.14. The van der Waals surface area contributed by atoms with Crippen LogP contribution in [0.5, 0.6) is 0 Å². The van der Waals surface area contributed by atoms with Gasteiger partial charge in [-0.1, -0.05) is 30.3 Å². The summed E-state index contributed by atoms with van der Waals surface area (Å²) in [5, 5.41) is 4.06. The predicted octanol–water partition coefficient (Wildman–Crippen LogP) is 7.27. The molecule has 4 atom stereocenters. The van der Waals surface area contributed by atoms with Crippen molar-refractivity contribution < 1.29 is 40.7 Å². The van der Waals surface area contributed by atoms with E-state index in [0.29, 0.717) is 30.6 Å². The SMILES string of the molecule is COC(=O)c1cc(F)c(N2C3CC(OCc4c(-c5ccccc5C(F)(F)F)noc4C4CC4)CC2C(C)C3)c(F)c1. The summed E-state index contributed by atoms with van der Waals surface area (Å²) in [6.07, 6.45) is -1.44. The van der Waals surface area contributed by atoms with E-state index in [1.54, 1.807) is 4.90 Å². The third kappa shape index (κ3) is 5.09. The highest BCUT2D eigenvalue weighted by atomic mass is 19.4. The Labute approximate surface area is 233 Å². The van der Waals surface area contributed by atoms with Gasteiger partial charge in [-0.05, 0) is 56.2 Å². The molecule has 3 heterocycles. The minimum absolute atomic E-state index is 0.0197. The Hall–Kier alpha value is -3.47. The molecule has 1 saturated carbocycles. The van der Waals surface area contributed by atoms with E-state index in [2.05, 4.69) is 9.89 Å². The van der Waals surface area contributed by atoms with Gasteiger partial charge in [-0.15, -0.1) is 0 Å². The van der Waals surface area contributed by atoms with Crippen molar-refractivity contribution in [2.75, 3.05) is 12.0 Å². The second kappa shape index (κ2) is 10.4. The number of methoxy groups -OCH3 is 1. The summed E-state index contributed by atoms with van der Waals surface area (Å²) in [6, 6.07) is 6.83. The lowest BCUT2D eigenvalue weighted by Gasteiger charge is -2.41. The van der Waals surface area contributed by atoms with Crippen LogP contribution in [0.1, 0.15) is 72.2 Å². The number of halogens is 5. The number of esters is 1. The van der Waals surface area contributed by atoms with Crippen molar-refractivity contribution >= 4 is 11.7 Å². The standard InChI is InChI=1S/C30H29F5N2O4/c1-15-9-18-12-19(13-25(15)37(18)27-23(31)10-17(11-24(27)32)29(38)39-2)40-14-21-26(36-41-28(21)16-7-8-16)20-5-3-4-6-22(20)30(33,34)35/h3-6,10-11,15-16,18-19,25H,7-9,12-14H2,1-2H3. The molecule has 1 aromatic heterocycles. The molecule has 2 aliphatic heterocycles. The summed E-state index contributed by atoms with van der Waals surface area (Å²) in [5.74, 6) is -1.71. The maximum Gasteiger partial charge on any atom is 0.417 e. The fourth-order valence-electron chi connectivity index (χ4n) is 6.48. The van der Waals surface area contributed by atoms with Crippen molar-refractivity contribution in [1.29, 1.82) is 0 Å². The van der Waals surface area contributed by atoms with Crippen molar-refractivity contribution in [3.8, 4) is 11.3 Å². The minimum atomic E-state index is -4.56. The van der Waals surface area contributed by atoms with E-state index in [-0.39, 0.29) is 59.1 Å². The molecule has 3 aliphatic rings. The molecule has 0 N–H and O–H groups in total. The van der Waals surface area contributed by atoms with Crippen molar-refractivity contribution in [1.82, 2.24) is 5.16 Å². The molecule has 0 spiro atoms. The van der Waals surface area contributed by atoms with Crippen LogP contribution < -0.4 is 4.90 Å². The van der Waals surface area contributed by atoms with E-state index in [4.69, 9.17) is 9.26 Å². The number of hydrogen-bond donors (Lipinski definition) is 0. The maximum absolute atomic E-state index is 15.2. The molecular weight excluding hydrogens is 547 g/mol. The van der Waals surface area contributed by atoms with Crippen molar-refractivity contribution in [2.24, 2.45) is 5.92 Å². The first-order valence-electron chi connectivity index (χ1n) is 13.7. The summed E-state index contributed by atoms with van der Waals surface area (Å²) < 4.78 is 88.2. The maximum atomic E-state index is 15.2. The molecule has 41 heavy (non-hydrogen) atoms. The molecule has 6 rings (SSSR count). The fourth-order valence-corrected chi connectivity index (χ4v) is 6.48. The highest BCUT2D eigenvalue weighted by Crippen LogP contribution is 2.48. The zero-order valence-corrected chi connectivity index (χ0v) is 22.5. The van der Waals surface area contributed by atoms with Crippen LogP contribution in [-0.2, 0) is 22.3 Å². The van der Waals surface area contributed by atoms with Crippen molar-refractivity contribution in [3.63, 3.8) is 0 Å². The van der Waals surface area contributed by atoms with Gasteiger partial charge in [0.05, 0.1) is 30.9 Å². The first-order chi connectivity index (χ1) is 19.6. The van der Waals surface area contributed by atoms with E-state index in [9.17, 15) is 18.0 Å². The number of fused-ring (bicyclic) bond motifs is 2. The van der Waals surface area contributed by atoms with Gasteiger partial charge in [0.1, 0.15) is 28.8 Å². The molecule has 2 saturated heterocycles. The van der Waals surface area contributed by atoms with Crippen molar-refractivity contribution in [3.05, 3.63) is 70.5 Å². The summed E-state index contributed by atoms with van der Waals surface area (Å²) in [5.41, 5.74) is -0.575. The van der Waals surface area contributed by atoms with Crippen LogP contribution in [0.25, 0.3) is 11.3 Å². The number of nitrogens with zero attached hydrogens (tertiary/aromatic N) is 2. The number of benzene rings is 2. The van der Waals surface area contributed by atoms with Crippen LogP contribution in [0.15, 0.2) is 40.9 Å². The zero-order chi connectivity index (χ0) is 29.1. The Bertz CT molecular complexity index is 1440. The number of alkyl halides is 3. The van der Waals surface area contributed by atoms with Gasteiger partial charge in [0.25, 0.3) is 0 Å². The normalized spacial score (nSPS) is 24.1. The van der Waals surface area contributed by atoms with E-state index in [0.717, 1.165) is 38.2 Å². The number of aromatic nitrogens is 1. The van der Waals surface area contributed by atoms with Crippen LogP contribution in [0.3, 0.4) is 0 Å². The van der Waals surface area contributed by atoms with Gasteiger partial charge in [0, 0.05) is 29.1 Å². The Morgan fingerprint density at radius 3 is 2.44 bits per heavy atom. The second-order valence-corrected chi connectivity index (χ2v) is 11.2. The van der Waals surface area contributed by atoms with Gasteiger partial charge in [-0.2, -0.15) is 13.2 Å². The van der Waals surface area contributed by atoms with Crippen LogP contribution in [0.2, 0.25) is 0 Å². The molecule has 4 unspecified atom stereocenters. The zero-order valence-electron chi connectivity index (χ0n) is 22.5. The topological polar surface area (TPSA) is 64.8 Å². The second-order valence-electron chi connectivity index (χ2n) is 11.2. The largest absolute Gasteiger partial charge is 0.465 e. The Morgan fingerprint density at radius 1 is 1.10 bits per heavy atom. The van der Waals surface area contributed by atoms with Gasteiger partial charge < -0.3 is 18.9 Å². The lowest BCUT2D eigenvalue weighted by Crippen LogP contribution is -2.47. The molecular formula is C30H29F5N2O4. The molecule has 6 nitrogen and oxygen atoms in total. The first-order valence-corrected chi connectivity index (χ1v) is 13.7. The smallest absolute Gasteiger partial charge is 0.417 e. The molecule has 0 radical (unpaired) electrons. The van der Waals surface area contributed by atoms with E-state index in [1.165, 1.54) is 18.2 Å². The number of carbonyl (C=O) groups excluding carboxylic acids is 1. The first kappa shape index (κ1) is 27.7. The molecule has 1 aliphatic carbocycles. The lowest BCUT2D eigenvalue weighted by molar-refractivity contribution is -0.137. The van der Waals surface area contributed by atoms with Crippen LogP contribution in [0.4, 0.5) is 27.6 Å². The Balaban J connectivity index is 1.24. The van der Waals surface area contributed by atoms with Gasteiger partial charge in [0.2, 0.25) is 0 Å². The van der Waals surface area contributed by atoms with Crippen LogP contribution in [0, 0.1) is 17.6 Å². The average Bonchev–Trinajstić information content (AvgIpc) is 3.66. The molecule has 218 valence electrons. The average molecular weight is 577 g/mol. The Morgan fingerprint density at radius 2 is 1.80 bits per heavy atom. The number of hydrogen-bond acceptors (Lipinski definition) is 6. The highest BCUT2D eigenvalue weighted by molar-refractivity contribution is 5.90. The monoisotopic (exact) mass is 576 g/mol. The predicted molar refractivity (Wildman–Crippen MR) is 138 cm³/mol. The number of anilines is 1. The van der Waals surface area contributed by atoms with Crippen LogP contribution in [-0.4, -0.2) is 36.4 Å². The molecule has 3 aromatic rings. The number of ether oxygens (including phenoxy) is 2. The molecule has 0 amide bonds. The van der Waals surface area contributed by atoms with Gasteiger partial charge in [0.15, 0.2) is 0 Å². The van der Waals surface area contributed by atoms with Crippen molar-refractivity contribution in [2.45, 2.75) is 75.9 Å². The van der Waals surface area contributed by atoms with Gasteiger partial charge in [-0.25, -0.2) is 13.6 Å². The van der Waals surface area contributed by atoms with Gasteiger partial charge >= 0.3 is 12.1 Å². The highest BCUT2D eigenvalue weighted by Gasteiger charge is 2.47. The summed E-state index contributed by atoms with van der Waals surface area (Å²) in [4.78, 5) is 13.6. The quantitative estimate of drug-likeness (QED) is 0.218. The molecule has 2 aromatic carbocycles. The third-order valence-corrected chi connectivity index (χ3v) is 8.50. The van der Waals surface area contributed by atoms with E-state index < -0.39 is 29.3 Å². The summed E-state index contributed by atoms with van der Waals surface area (Å²) in [6.45, 7) is 2.04. The van der Waals surface area contributed by atoms with E-state index in [1.807, 2.05) is 6.92 Å². The minimum Gasteiger partial charge on any atom is -0.465 e.